The second-order valence-corrected chi connectivity index (χ2v) is 7.84. The number of aryl methyl sites for hydroxylation is 1. The van der Waals surface area contributed by atoms with Gasteiger partial charge < -0.3 is 19.4 Å². The number of H-pyrrole nitrogens is 1. The van der Waals surface area contributed by atoms with Gasteiger partial charge in [0.05, 0.1) is 18.8 Å². The second kappa shape index (κ2) is 9.23. The molecule has 0 bridgehead atoms. The molecular weight excluding hydrogens is 406 g/mol. The highest BCUT2D eigenvalue weighted by atomic mass is 16.5. The maximum Gasteiger partial charge on any atom is 0.223 e. The molecule has 0 saturated carbocycles. The Bertz CT molecular complexity index is 1170. The van der Waals surface area contributed by atoms with E-state index in [0.29, 0.717) is 32.7 Å². The van der Waals surface area contributed by atoms with Gasteiger partial charge in [-0.3, -0.25) is 4.79 Å². The van der Waals surface area contributed by atoms with E-state index in [-0.39, 0.29) is 12.0 Å². The van der Waals surface area contributed by atoms with Crippen LogP contribution in [-0.2, 0) is 16.0 Å². The lowest BCUT2D eigenvalue weighted by atomic mass is 10.1. The monoisotopic (exact) mass is 431 g/mol. The van der Waals surface area contributed by atoms with Crippen molar-refractivity contribution in [1.29, 1.82) is 0 Å². The zero-order valence-corrected chi connectivity index (χ0v) is 17.7. The molecule has 0 aliphatic carbocycles. The molecule has 1 N–H and O–H groups in total. The molecule has 0 radical (unpaired) electrons. The Morgan fingerprint density at radius 1 is 1.19 bits per heavy atom. The van der Waals surface area contributed by atoms with Gasteiger partial charge in [0, 0.05) is 30.1 Å². The van der Waals surface area contributed by atoms with Gasteiger partial charge in [0.15, 0.2) is 0 Å². The average Bonchev–Trinajstić information content (AvgIpc) is 3.52. The number of morpholine rings is 1. The van der Waals surface area contributed by atoms with Gasteiger partial charge in [0.1, 0.15) is 31.1 Å². The third-order valence-electron chi connectivity index (χ3n) is 5.73. The number of hydrogen-bond acceptors (Lipinski definition) is 5. The Labute approximate surface area is 185 Å². The highest BCUT2D eigenvalue weighted by molar-refractivity contribution is 5.84. The minimum atomic E-state index is -0.143. The minimum Gasteiger partial charge on any atom is -0.491 e. The van der Waals surface area contributed by atoms with Crippen molar-refractivity contribution in [2.24, 2.45) is 0 Å². The third kappa shape index (κ3) is 4.50. The first-order valence-corrected chi connectivity index (χ1v) is 10.8. The molecule has 8 nitrogen and oxygen atoms in total. The van der Waals surface area contributed by atoms with Crippen LogP contribution in [0.15, 0.2) is 67.4 Å². The van der Waals surface area contributed by atoms with Crippen LogP contribution < -0.4 is 4.74 Å². The molecule has 3 heterocycles. The van der Waals surface area contributed by atoms with Crippen molar-refractivity contribution in [3.63, 3.8) is 0 Å². The number of aromatic amines is 1. The maximum atomic E-state index is 12.8. The molecule has 0 spiro atoms. The summed E-state index contributed by atoms with van der Waals surface area (Å²) in [7, 11) is 0. The lowest BCUT2D eigenvalue weighted by Crippen LogP contribution is -2.47. The third-order valence-corrected chi connectivity index (χ3v) is 5.73. The quantitative estimate of drug-likeness (QED) is 0.486. The van der Waals surface area contributed by atoms with Crippen LogP contribution in [0.2, 0.25) is 0 Å². The summed E-state index contributed by atoms with van der Waals surface area (Å²) in [6.07, 6.45) is 6.21. The zero-order valence-electron chi connectivity index (χ0n) is 17.7. The molecular formula is C24H25N5O3. The summed E-state index contributed by atoms with van der Waals surface area (Å²) >= 11 is 0. The van der Waals surface area contributed by atoms with Crippen LogP contribution in [0.25, 0.3) is 16.6 Å². The Morgan fingerprint density at radius 2 is 2.06 bits per heavy atom. The summed E-state index contributed by atoms with van der Waals surface area (Å²) in [5, 5.41) is 5.30. The SMILES string of the molecule is O=C(CCc1c[nH]c2ccccc12)N1CCOC(COc2ccc(-n3cncn3)cc2)C1. The molecule has 2 aromatic heterocycles. The molecule has 8 heteroatoms. The van der Waals surface area contributed by atoms with E-state index in [2.05, 4.69) is 27.2 Å². The van der Waals surface area contributed by atoms with E-state index in [1.165, 1.54) is 17.3 Å². The Hall–Kier alpha value is -3.65. The normalized spacial score (nSPS) is 16.4. The Morgan fingerprint density at radius 3 is 2.91 bits per heavy atom. The number of nitrogens with one attached hydrogen (secondary N) is 1. The standard InChI is InChI=1S/C24H25N5O3/c30-24(10-5-18-13-26-23-4-2-1-3-22(18)23)28-11-12-31-21(14-28)15-32-20-8-6-19(7-9-20)29-17-25-16-27-29/h1-4,6-9,13,16-17,21,26H,5,10-12,14-15H2. The average molecular weight is 431 g/mol. The number of aromatic nitrogens is 4. The number of hydrogen-bond donors (Lipinski definition) is 1. The number of carbonyl (C=O) groups is 1. The van der Waals surface area contributed by atoms with Crippen LogP contribution in [0.5, 0.6) is 5.75 Å². The largest absolute Gasteiger partial charge is 0.491 e. The fourth-order valence-electron chi connectivity index (χ4n) is 4.01. The van der Waals surface area contributed by atoms with Gasteiger partial charge in [-0.1, -0.05) is 18.2 Å². The molecule has 1 aliphatic rings. The van der Waals surface area contributed by atoms with Crippen LogP contribution in [0.3, 0.4) is 0 Å². The van der Waals surface area contributed by atoms with Crippen LogP contribution in [0.1, 0.15) is 12.0 Å². The molecule has 32 heavy (non-hydrogen) atoms. The first kappa shape index (κ1) is 20.3. The lowest BCUT2D eigenvalue weighted by molar-refractivity contribution is -0.139. The number of ether oxygens (including phenoxy) is 2. The summed E-state index contributed by atoms with van der Waals surface area (Å²) in [5.41, 5.74) is 3.19. The van der Waals surface area contributed by atoms with E-state index in [4.69, 9.17) is 9.47 Å². The number of rotatable bonds is 7. The second-order valence-electron chi connectivity index (χ2n) is 7.84. The fourth-order valence-corrected chi connectivity index (χ4v) is 4.01. The van der Waals surface area contributed by atoms with Crippen molar-refractivity contribution < 1.29 is 14.3 Å². The predicted molar refractivity (Wildman–Crippen MR) is 120 cm³/mol. The van der Waals surface area contributed by atoms with E-state index in [1.807, 2.05) is 47.5 Å². The summed E-state index contributed by atoms with van der Waals surface area (Å²) in [4.78, 5) is 21.9. The Kier molecular flexibility index (Phi) is 5.85. The van der Waals surface area contributed by atoms with Gasteiger partial charge in [0.25, 0.3) is 0 Å². The van der Waals surface area contributed by atoms with Crippen LogP contribution in [0.4, 0.5) is 0 Å². The zero-order chi connectivity index (χ0) is 21.8. The molecule has 1 fully saturated rings. The highest BCUT2D eigenvalue weighted by Gasteiger charge is 2.24. The summed E-state index contributed by atoms with van der Waals surface area (Å²) in [6, 6.07) is 15.8. The summed E-state index contributed by atoms with van der Waals surface area (Å²) in [5.74, 6) is 0.904. The highest BCUT2D eigenvalue weighted by Crippen LogP contribution is 2.20. The molecule has 1 amide bonds. The van der Waals surface area contributed by atoms with E-state index in [9.17, 15) is 4.79 Å². The topological polar surface area (TPSA) is 85.3 Å². The minimum absolute atomic E-state index is 0.143. The number of fused-ring (bicyclic) bond motifs is 1. The molecule has 1 atom stereocenters. The summed E-state index contributed by atoms with van der Waals surface area (Å²) in [6.45, 7) is 2.09. The summed E-state index contributed by atoms with van der Waals surface area (Å²) < 4.78 is 13.4. The van der Waals surface area contributed by atoms with E-state index in [1.54, 1.807) is 11.0 Å². The fraction of sp³-hybridized carbons (Fsp3) is 0.292. The molecule has 4 aromatic rings. The van der Waals surface area contributed by atoms with Gasteiger partial charge in [-0.15, -0.1) is 0 Å². The van der Waals surface area contributed by atoms with E-state index in [0.717, 1.165) is 23.4 Å². The number of amides is 1. The van der Waals surface area contributed by atoms with Gasteiger partial charge in [-0.2, -0.15) is 5.10 Å². The van der Waals surface area contributed by atoms with Gasteiger partial charge >= 0.3 is 0 Å². The molecule has 2 aromatic carbocycles. The first-order chi connectivity index (χ1) is 15.8. The van der Waals surface area contributed by atoms with Crippen LogP contribution >= 0.6 is 0 Å². The van der Waals surface area contributed by atoms with Gasteiger partial charge in [0.2, 0.25) is 5.91 Å². The van der Waals surface area contributed by atoms with E-state index >= 15 is 0 Å². The van der Waals surface area contributed by atoms with Crippen LogP contribution in [0, 0.1) is 0 Å². The molecule has 164 valence electrons. The van der Waals surface area contributed by atoms with Gasteiger partial charge in [-0.05, 0) is 42.3 Å². The number of nitrogens with zero attached hydrogens (tertiary/aromatic N) is 4. The van der Waals surface area contributed by atoms with Crippen molar-refractivity contribution >= 4 is 16.8 Å². The predicted octanol–water partition coefficient (Wildman–Crippen LogP) is 2.99. The maximum absolute atomic E-state index is 12.8. The Balaban J connectivity index is 1.12. The molecule has 1 unspecified atom stereocenters. The van der Waals surface area contributed by atoms with Gasteiger partial charge in [-0.25, -0.2) is 9.67 Å². The smallest absolute Gasteiger partial charge is 0.223 e. The molecule has 1 saturated heterocycles. The number of para-hydroxylation sites is 1. The lowest BCUT2D eigenvalue weighted by Gasteiger charge is -2.33. The van der Waals surface area contributed by atoms with Crippen molar-refractivity contribution in [2.75, 3.05) is 26.3 Å². The first-order valence-electron chi connectivity index (χ1n) is 10.8. The number of carbonyl (C=O) groups excluding carboxylic acids is 1. The van der Waals surface area contributed by atoms with Crippen molar-refractivity contribution in [3.05, 3.63) is 72.9 Å². The molecule has 5 rings (SSSR count). The van der Waals surface area contributed by atoms with Crippen LogP contribution in [-0.4, -0.2) is 63.0 Å². The van der Waals surface area contributed by atoms with Crippen molar-refractivity contribution in [2.45, 2.75) is 18.9 Å². The van der Waals surface area contributed by atoms with Crippen molar-refractivity contribution in [3.8, 4) is 11.4 Å². The van der Waals surface area contributed by atoms with Crippen molar-refractivity contribution in [1.82, 2.24) is 24.6 Å². The van der Waals surface area contributed by atoms with E-state index < -0.39 is 0 Å². The molecule has 1 aliphatic heterocycles. The number of benzene rings is 2.